The van der Waals surface area contributed by atoms with Gasteiger partial charge in [0.1, 0.15) is 35.8 Å². The summed E-state index contributed by atoms with van der Waals surface area (Å²) in [6, 6.07) is 11.6. The number of aromatic nitrogens is 6. The Labute approximate surface area is 241 Å². The molecule has 2 aliphatic rings. The average molecular weight is 568 g/mol. The molecule has 5 aromatic rings. The second-order valence-corrected chi connectivity index (χ2v) is 10.8. The summed E-state index contributed by atoms with van der Waals surface area (Å²) in [4.78, 5) is 25.3. The van der Waals surface area contributed by atoms with Crippen LogP contribution in [-0.2, 0) is 4.79 Å². The van der Waals surface area contributed by atoms with E-state index in [9.17, 15) is 9.18 Å². The highest BCUT2D eigenvalue weighted by Gasteiger charge is 2.33. The predicted molar refractivity (Wildman–Crippen MR) is 155 cm³/mol. The summed E-state index contributed by atoms with van der Waals surface area (Å²) in [5, 5.41) is 12.0. The maximum absolute atomic E-state index is 13.4. The van der Waals surface area contributed by atoms with Gasteiger partial charge in [0.25, 0.3) is 0 Å². The van der Waals surface area contributed by atoms with Crippen LogP contribution in [0.25, 0.3) is 11.2 Å². The minimum absolute atomic E-state index is 0.0143. The average Bonchev–Trinajstić information content (AvgIpc) is 3.70. The fourth-order valence-corrected chi connectivity index (χ4v) is 5.58. The lowest BCUT2D eigenvalue weighted by molar-refractivity contribution is -0.130. The number of likely N-dealkylation sites (tertiary alicyclic amines) is 2. The Balaban J connectivity index is 1.02. The van der Waals surface area contributed by atoms with Gasteiger partial charge in [0.15, 0.2) is 11.5 Å². The first-order valence-electron chi connectivity index (χ1n) is 14.0. The van der Waals surface area contributed by atoms with Crippen molar-refractivity contribution in [2.75, 3.05) is 38.0 Å². The number of amides is 1. The fraction of sp³-hybridized carbons (Fsp3) is 0.300. The lowest BCUT2D eigenvalue weighted by Gasteiger charge is -2.38. The van der Waals surface area contributed by atoms with E-state index < -0.39 is 6.17 Å². The Kier molecular flexibility index (Phi) is 6.74. The monoisotopic (exact) mass is 567 g/mol. The van der Waals surface area contributed by atoms with Crippen LogP contribution >= 0.6 is 0 Å². The molecule has 11 nitrogen and oxygen atoms in total. The molecule has 0 unspecified atom stereocenters. The van der Waals surface area contributed by atoms with Gasteiger partial charge >= 0.3 is 0 Å². The topological polar surface area (TPSA) is 105 Å². The number of anilines is 2. The molecule has 12 heteroatoms. The Morgan fingerprint density at radius 2 is 1.90 bits per heavy atom. The van der Waals surface area contributed by atoms with Crippen molar-refractivity contribution in [1.29, 1.82) is 0 Å². The van der Waals surface area contributed by atoms with Crippen molar-refractivity contribution < 1.29 is 13.9 Å². The van der Waals surface area contributed by atoms with Crippen LogP contribution in [0.1, 0.15) is 23.5 Å². The van der Waals surface area contributed by atoms with Gasteiger partial charge in [-0.25, -0.2) is 23.4 Å². The highest BCUT2D eigenvalue weighted by Crippen LogP contribution is 2.35. The molecule has 0 bridgehead atoms. The highest BCUT2D eigenvalue weighted by molar-refractivity contribution is 5.88. The van der Waals surface area contributed by atoms with E-state index in [2.05, 4.69) is 25.5 Å². The van der Waals surface area contributed by atoms with Crippen molar-refractivity contribution in [2.45, 2.75) is 25.4 Å². The minimum atomic E-state index is -0.754. The van der Waals surface area contributed by atoms with Crippen molar-refractivity contribution in [3.63, 3.8) is 0 Å². The quantitative estimate of drug-likeness (QED) is 0.279. The Morgan fingerprint density at radius 1 is 1.07 bits per heavy atom. The van der Waals surface area contributed by atoms with E-state index in [1.807, 2.05) is 76.1 Å². The molecule has 0 radical (unpaired) electrons. The van der Waals surface area contributed by atoms with Crippen LogP contribution in [0.5, 0.6) is 11.5 Å². The maximum Gasteiger partial charge on any atom is 0.246 e. The number of hydrogen-bond donors (Lipinski definition) is 1. The van der Waals surface area contributed by atoms with E-state index in [0.717, 1.165) is 34.6 Å². The standard InChI is InChI=1S/C30H30FN9O2/c1-20-13-23(4-5-26(20)42-24-7-11-39-27(14-24)32-18-34-39)36-30-29-25(8-12-40(29)35-19-33-30)21-15-38(16-21)28(41)3-2-9-37-10-6-22(31)17-37/h2-5,7-8,11-14,18-19,21-22H,6,9-10,15-17H2,1H3,(H,33,35,36)/b3-2+/t22-/m0/s1. The van der Waals surface area contributed by atoms with Crippen LogP contribution < -0.4 is 10.1 Å². The van der Waals surface area contributed by atoms with E-state index in [1.54, 1.807) is 10.6 Å². The van der Waals surface area contributed by atoms with E-state index in [0.29, 0.717) is 49.8 Å². The summed E-state index contributed by atoms with van der Waals surface area (Å²) in [6.07, 6.45) is 10.0. The van der Waals surface area contributed by atoms with Crippen LogP contribution in [-0.4, -0.2) is 83.8 Å². The van der Waals surface area contributed by atoms with E-state index in [-0.39, 0.29) is 11.8 Å². The van der Waals surface area contributed by atoms with Gasteiger partial charge in [0, 0.05) is 68.9 Å². The number of alkyl halides is 1. The second-order valence-electron chi connectivity index (χ2n) is 10.8. The number of rotatable bonds is 8. The van der Waals surface area contributed by atoms with Crippen LogP contribution in [0.15, 0.2) is 73.6 Å². The number of benzene rings is 1. The summed E-state index contributed by atoms with van der Waals surface area (Å²) in [6.45, 7) is 5.03. The molecule has 4 aromatic heterocycles. The van der Waals surface area contributed by atoms with Crippen molar-refractivity contribution >= 4 is 28.6 Å². The molecule has 1 aromatic carbocycles. The zero-order valence-electron chi connectivity index (χ0n) is 23.1. The third kappa shape index (κ3) is 5.16. The first-order valence-corrected chi connectivity index (χ1v) is 14.0. The highest BCUT2D eigenvalue weighted by atomic mass is 19.1. The van der Waals surface area contributed by atoms with E-state index >= 15 is 0 Å². The minimum Gasteiger partial charge on any atom is -0.457 e. The zero-order chi connectivity index (χ0) is 28.6. The van der Waals surface area contributed by atoms with Crippen molar-refractivity contribution in [2.24, 2.45) is 0 Å². The molecule has 6 heterocycles. The number of pyridine rings is 1. The molecule has 0 spiro atoms. The predicted octanol–water partition coefficient (Wildman–Crippen LogP) is 4.14. The third-order valence-corrected chi connectivity index (χ3v) is 7.87. The molecule has 2 fully saturated rings. The summed E-state index contributed by atoms with van der Waals surface area (Å²) >= 11 is 0. The molecule has 42 heavy (non-hydrogen) atoms. The summed E-state index contributed by atoms with van der Waals surface area (Å²) in [5.74, 6) is 2.28. The molecule has 214 valence electrons. The number of carbonyl (C=O) groups is 1. The number of aryl methyl sites for hydroxylation is 1. The van der Waals surface area contributed by atoms with Gasteiger partial charge in [0.05, 0.1) is 0 Å². The Bertz CT molecular complexity index is 1790. The van der Waals surface area contributed by atoms with Gasteiger partial charge in [-0.3, -0.25) is 9.69 Å². The van der Waals surface area contributed by atoms with Gasteiger partial charge in [-0.1, -0.05) is 6.08 Å². The number of ether oxygens (including phenoxy) is 1. The van der Waals surface area contributed by atoms with Gasteiger partial charge in [0.2, 0.25) is 5.91 Å². The molecule has 2 aliphatic heterocycles. The third-order valence-electron chi connectivity index (χ3n) is 7.87. The Morgan fingerprint density at radius 3 is 2.74 bits per heavy atom. The summed E-state index contributed by atoms with van der Waals surface area (Å²) < 4.78 is 23.0. The lowest BCUT2D eigenvalue weighted by atomic mass is 9.92. The fourth-order valence-electron chi connectivity index (χ4n) is 5.58. The first-order chi connectivity index (χ1) is 20.5. The molecular weight excluding hydrogens is 537 g/mol. The van der Waals surface area contributed by atoms with Gasteiger partial charge in [-0.05, 0) is 54.8 Å². The number of carbonyl (C=O) groups excluding carboxylic acids is 1. The molecule has 7 rings (SSSR count). The van der Waals surface area contributed by atoms with Crippen LogP contribution in [0.2, 0.25) is 0 Å². The number of nitrogens with zero attached hydrogens (tertiary/aromatic N) is 8. The second kappa shape index (κ2) is 10.9. The van der Waals surface area contributed by atoms with E-state index in [1.165, 1.54) is 12.7 Å². The zero-order valence-corrected chi connectivity index (χ0v) is 23.1. The van der Waals surface area contributed by atoms with Crippen LogP contribution in [0.4, 0.5) is 15.9 Å². The molecule has 2 saturated heterocycles. The van der Waals surface area contributed by atoms with Crippen LogP contribution in [0, 0.1) is 6.92 Å². The smallest absolute Gasteiger partial charge is 0.246 e. The molecule has 0 aliphatic carbocycles. The largest absolute Gasteiger partial charge is 0.457 e. The van der Waals surface area contributed by atoms with Gasteiger partial charge in [-0.15, -0.1) is 0 Å². The summed E-state index contributed by atoms with van der Waals surface area (Å²) in [5.41, 5.74) is 4.52. The maximum atomic E-state index is 13.4. The Hall–Kier alpha value is -4.84. The number of hydrogen-bond acceptors (Lipinski definition) is 8. The molecule has 1 N–H and O–H groups in total. The SMILES string of the molecule is Cc1cc(Nc2ncnn3ccc(C4CN(C(=O)/C=C/CN5CC[C@H](F)C5)C4)c23)ccc1Oc1ccn2ncnc2c1. The molecule has 1 amide bonds. The van der Waals surface area contributed by atoms with E-state index in [4.69, 9.17) is 4.74 Å². The van der Waals surface area contributed by atoms with Crippen LogP contribution in [0.3, 0.4) is 0 Å². The molecule has 0 saturated carbocycles. The first kappa shape index (κ1) is 26.1. The molecule has 1 atom stereocenters. The summed E-state index contributed by atoms with van der Waals surface area (Å²) in [7, 11) is 0. The van der Waals surface area contributed by atoms with Crippen molar-refractivity contribution in [3.05, 3.63) is 84.7 Å². The lowest BCUT2D eigenvalue weighted by Crippen LogP contribution is -2.47. The van der Waals surface area contributed by atoms with Crippen molar-refractivity contribution in [3.8, 4) is 11.5 Å². The number of halogens is 1. The van der Waals surface area contributed by atoms with Crippen molar-refractivity contribution in [1.82, 2.24) is 39.0 Å². The number of fused-ring (bicyclic) bond motifs is 2. The van der Waals surface area contributed by atoms with Gasteiger partial charge < -0.3 is 15.0 Å². The van der Waals surface area contributed by atoms with Gasteiger partial charge in [-0.2, -0.15) is 10.2 Å². The number of nitrogens with one attached hydrogen (secondary N) is 1. The molecular formula is C30H30FN9O2. The normalized spacial score (nSPS) is 17.9.